The first-order chi connectivity index (χ1) is 12.2. The number of anilines is 1. The Morgan fingerprint density at radius 3 is 2.88 bits per heavy atom. The third-order valence-electron chi connectivity index (χ3n) is 3.62. The van der Waals surface area contributed by atoms with Crippen molar-refractivity contribution < 1.29 is 9.15 Å². The van der Waals surface area contributed by atoms with Crippen molar-refractivity contribution in [3.63, 3.8) is 0 Å². The highest BCUT2D eigenvalue weighted by atomic mass is 79.9. The standard InChI is InChI=1S/C17H15BrN4O2S/c1-2-9-25-17-20-16-14(21-22-17)10-5-3-4-6-11(10)19-15(24-16)12-7-8-13(18)23-12/h3-8,15,19H,2,9H2,1H3/t15-/m0/s1. The summed E-state index contributed by atoms with van der Waals surface area (Å²) in [5.41, 5.74) is 2.42. The smallest absolute Gasteiger partial charge is 0.247 e. The van der Waals surface area contributed by atoms with Crippen LogP contribution >= 0.6 is 27.7 Å². The molecule has 0 amide bonds. The highest BCUT2D eigenvalue weighted by Gasteiger charge is 2.27. The van der Waals surface area contributed by atoms with Gasteiger partial charge in [0.1, 0.15) is 0 Å². The molecule has 6 nitrogen and oxygen atoms in total. The largest absolute Gasteiger partial charge is 0.448 e. The van der Waals surface area contributed by atoms with Gasteiger partial charge in [-0.1, -0.05) is 36.9 Å². The van der Waals surface area contributed by atoms with Crippen LogP contribution in [0.2, 0.25) is 0 Å². The third-order valence-corrected chi connectivity index (χ3v) is 5.09. The molecule has 3 heterocycles. The van der Waals surface area contributed by atoms with Gasteiger partial charge in [-0.25, -0.2) is 0 Å². The molecule has 8 heteroatoms. The molecule has 3 aromatic rings. The third kappa shape index (κ3) is 3.36. The fourth-order valence-corrected chi connectivity index (χ4v) is 3.45. The summed E-state index contributed by atoms with van der Waals surface area (Å²) >= 11 is 4.90. The summed E-state index contributed by atoms with van der Waals surface area (Å²) < 4.78 is 12.4. The van der Waals surface area contributed by atoms with Gasteiger partial charge < -0.3 is 14.5 Å². The zero-order valence-electron chi connectivity index (χ0n) is 13.4. The van der Waals surface area contributed by atoms with Gasteiger partial charge in [0.2, 0.25) is 17.3 Å². The number of fused-ring (bicyclic) bond motifs is 3. The summed E-state index contributed by atoms with van der Waals surface area (Å²) in [7, 11) is 0. The molecule has 0 saturated heterocycles. The summed E-state index contributed by atoms with van der Waals surface area (Å²) in [6.07, 6.45) is 0.536. The van der Waals surface area contributed by atoms with Gasteiger partial charge in [0.25, 0.3) is 0 Å². The number of nitrogens with zero attached hydrogens (tertiary/aromatic N) is 3. The van der Waals surface area contributed by atoms with E-state index in [1.807, 2.05) is 36.4 Å². The maximum Gasteiger partial charge on any atom is 0.247 e. The Hall–Kier alpha value is -2.06. The topological polar surface area (TPSA) is 73.1 Å². The number of para-hydroxylation sites is 1. The monoisotopic (exact) mass is 418 g/mol. The maximum atomic E-state index is 6.11. The molecule has 1 aromatic carbocycles. The molecule has 0 saturated carbocycles. The summed E-state index contributed by atoms with van der Waals surface area (Å²) in [4.78, 5) is 4.57. The van der Waals surface area contributed by atoms with Crippen molar-refractivity contribution in [1.29, 1.82) is 0 Å². The first-order valence-corrected chi connectivity index (χ1v) is 9.68. The zero-order chi connectivity index (χ0) is 17.2. The van der Waals surface area contributed by atoms with Crippen molar-refractivity contribution in [2.45, 2.75) is 24.7 Å². The van der Waals surface area contributed by atoms with Crippen LogP contribution in [0.5, 0.6) is 5.88 Å². The number of hydrogen-bond donors (Lipinski definition) is 1. The van der Waals surface area contributed by atoms with Crippen LogP contribution in [0.3, 0.4) is 0 Å². The van der Waals surface area contributed by atoms with Crippen molar-refractivity contribution in [3.05, 3.63) is 46.8 Å². The normalized spacial score (nSPS) is 15.5. The number of ether oxygens (including phenoxy) is 1. The van der Waals surface area contributed by atoms with Gasteiger partial charge in [0.05, 0.1) is 0 Å². The number of halogens is 1. The second kappa shape index (κ2) is 7.05. The second-order valence-electron chi connectivity index (χ2n) is 5.43. The molecular formula is C17H15BrN4O2S. The van der Waals surface area contributed by atoms with Crippen molar-refractivity contribution in [2.75, 3.05) is 11.1 Å². The van der Waals surface area contributed by atoms with Crippen LogP contribution in [0.1, 0.15) is 25.3 Å². The molecule has 1 aliphatic rings. The van der Waals surface area contributed by atoms with Gasteiger partial charge in [-0.05, 0) is 40.5 Å². The van der Waals surface area contributed by atoms with E-state index in [9.17, 15) is 0 Å². The maximum absolute atomic E-state index is 6.11. The second-order valence-corrected chi connectivity index (χ2v) is 7.27. The Balaban J connectivity index is 1.79. The minimum absolute atomic E-state index is 0.448. The average molecular weight is 419 g/mol. The first kappa shape index (κ1) is 16.4. The van der Waals surface area contributed by atoms with Gasteiger partial charge in [-0.15, -0.1) is 10.2 Å². The van der Waals surface area contributed by atoms with Crippen molar-refractivity contribution >= 4 is 33.4 Å². The quantitative estimate of drug-likeness (QED) is 0.603. The van der Waals surface area contributed by atoms with Gasteiger partial charge in [-0.2, -0.15) is 4.98 Å². The van der Waals surface area contributed by atoms with Gasteiger partial charge in [-0.3, -0.25) is 0 Å². The predicted octanol–water partition coefficient (Wildman–Crippen LogP) is 4.90. The Bertz CT molecular complexity index is 902. The molecule has 0 unspecified atom stereocenters. The molecule has 0 aliphatic carbocycles. The molecule has 0 spiro atoms. The lowest BCUT2D eigenvalue weighted by Crippen LogP contribution is -2.16. The van der Waals surface area contributed by atoms with Crippen molar-refractivity contribution in [2.24, 2.45) is 0 Å². The molecule has 0 fully saturated rings. The Labute approximate surface area is 157 Å². The van der Waals surface area contributed by atoms with Gasteiger partial charge >= 0.3 is 0 Å². The molecular weight excluding hydrogens is 404 g/mol. The van der Waals surface area contributed by atoms with Crippen molar-refractivity contribution in [1.82, 2.24) is 15.2 Å². The van der Waals surface area contributed by atoms with Gasteiger partial charge in [0.15, 0.2) is 16.1 Å². The molecule has 1 aliphatic heterocycles. The number of furan rings is 1. The van der Waals surface area contributed by atoms with Crippen LogP contribution < -0.4 is 10.1 Å². The lowest BCUT2D eigenvalue weighted by atomic mass is 10.1. The molecule has 0 bridgehead atoms. The van der Waals surface area contributed by atoms with E-state index in [-0.39, 0.29) is 0 Å². The molecule has 128 valence electrons. The number of rotatable bonds is 4. The predicted molar refractivity (Wildman–Crippen MR) is 99.7 cm³/mol. The molecule has 1 atom stereocenters. The summed E-state index contributed by atoms with van der Waals surface area (Å²) in [5.74, 6) is 2.03. The van der Waals surface area contributed by atoms with E-state index >= 15 is 0 Å². The SMILES string of the molecule is CCCSc1nnc2c(n1)O[C@@H](c1ccc(Br)o1)Nc1ccccc1-2. The lowest BCUT2D eigenvalue weighted by Gasteiger charge is -2.16. The van der Waals surface area contributed by atoms with Crippen LogP contribution in [0.25, 0.3) is 11.3 Å². The fourth-order valence-electron chi connectivity index (χ4n) is 2.50. The molecule has 4 rings (SSSR count). The average Bonchev–Trinajstić information content (AvgIpc) is 2.99. The Morgan fingerprint density at radius 2 is 2.08 bits per heavy atom. The van der Waals surface area contributed by atoms with E-state index < -0.39 is 6.23 Å². The Kier molecular flexibility index (Phi) is 4.63. The molecule has 25 heavy (non-hydrogen) atoms. The van der Waals surface area contributed by atoms with Crippen LogP contribution in [0.15, 0.2) is 50.6 Å². The zero-order valence-corrected chi connectivity index (χ0v) is 15.8. The van der Waals surface area contributed by atoms with Crippen LogP contribution in [-0.4, -0.2) is 20.9 Å². The molecule has 1 N–H and O–H groups in total. The number of benzene rings is 1. The van der Waals surface area contributed by atoms with Gasteiger partial charge in [0, 0.05) is 17.0 Å². The first-order valence-electron chi connectivity index (χ1n) is 7.90. The number of nitrogens with one attached hydrogen (secondary N) is 1. The highest BCUT2D eigenvalue weighted by molar-refractivity contribution is 9.10. The fraction of sp³-hybridized carbons (Fsp3) is 0.235. The van der Waals surface area contributed by atoms with E-state index in [1.54, 1.807) is 11.8 Å². The van der Waals surface area contributed by atoms with Crippen LogP contribution in [-0.2, 0) is 0 Å². The number of thioether (sulfide) groups is 1. The minimum Gasteiger partial charge on any atom is -0.448 e. The molecule has 0 radical (unpaired) electrons. The molecule has 2 aromatic heterocycles. The summed E-state index contributed by atoms with van der Waals surface area (Å²) in [6.45, 7) is 2.12. The highest BCUT2D eigenvalue weighted by Crippen LogP contribution is 2.39. The van der Waals surface area contributed by atoms with E-state index in [0.717, 1.165) is 23.4 Å². The van der Waals surface area contributed by atoms with Crippen LogP contribution in [0, 0.1) is 0 Å². The minimum atomic E-state index is -0.505. The van der Waals surface area contributed by atoms with Crippen LogP contribution in [0.4, 0.5) is 5.69 Å². The van der Waals surface area contributed by atoms with Crippen molar-refractivity contribution in [3.8, 4) is 17.1 Å². The van der Waals surface area contributed by atoms with E-state index in [1.165, 1.54) is 0 Å². The van der Waals surface area contributed by atoms with E-state index in [0.29, 0.717) is 27.2 Å². The number of hydrogen-bond acceptors (Lipinski definition) is 7. The lowest BCUT2D eigenvalue weighted by molar-refractivity contribution is 0.194. The summed E-state index contributed by atoms with van der Waals surface area (Å²) in [5, 5.41) is 12.6. The Morgan fingerprint density at radius 1 is 1.20 bits per heavy atom. The summed E-state index contributed by atoms with van der Waals surface area (Å²) in [6, 6.07) is 11.5. The van der Waals surface area contributed by atoms with E-state index in [4.69, 9.17) is 9.15 Å². The number of aromatic nitrogens is 3. The van der Waals surface area contributed by atoms with E-state index in [2.05, 4.69) is 43.4 Å².